The SMILES string of the molecule is CSc1ccccc1C(=O)Nc1ccc([C@H]2CC(=O)c3cc4c(cc3-n3cccc32)OCCO4)cc1. The number of nitrogens with one attached hydrogen (secondary N) is 1. The Morgan fingerprint density at radius 3 is 2.50 bits per heavy atom. The maximum Gasteiger partial charge on any atom is 0.256 e. The Kier molecular flexibility index (Phi) is 5.77. The number of fused-ring (bicyclic) bond motifs is 4. The van der Waals surface area contributed by atoms with E-state index in [-0.39, 0.29) is 17.6 Å². The number of Topliss-reactive ketones (excluding diaryl/α,β-unsaturated/α-hetero) is 1. The van der Waals surface area contributed by atoms with Crippen molar-refractivity contribution >= 4 is 29.1 Å². The lowest BCUT2D eigenvalue weighted by molar-refractivity contribution is 0.0977. The predicted molar refractivity (Wildman–Crippen MR) is 140 cm³/mol. The quantitative estimate of drug-likeness (QED) is 0.354. The maximum absolute atomic E-state index is 13.4. The summed E-state index contributed by atoms with van der Waals surface area (Å²) in [7, 11) is 0. The molecule has 1 aromatic heterocycles. The number of ether oxygens (including phenoxy) is 2. The van der Waals surface area contributed by atoms with E-state index in [1.165, 1.54) is 0 Å². The summed E-state index contributed by atoms with van der Waals surface area (Å²) in [5, 5.41) is 2.99. The minimum Gasteiger partial charge on any atom is -0.486 e. The lowest BCUT2D eigenvalue weighted by Crippen LogP contribution is -2.16. The number of hydrogen-bond donors (Lipinski definition) is 1. The third kappa shape index (κ3) is 3.95. The summed E-state index contributed by atoms with van der Waals surface area (Å²) in [6.45, 7) is 0.968. The van der Waals surface area contributed by atoms with E-state index in [0.717, 1.165) is 21.8 Å². The van der Waals surface area contributed by atoms with Gasteiger partial charge in [0, 0.05) is 46.4 Å². The zero-order valence-corrected chi connectivity index (χ0v) is 20.5. The molecule has 6 nitrogen and oxygen atoms in total. The summed E-state index contributed by atoms with van der Waals surface area (Å²) in [6, 6.07) is 23.1. The average molecular weight is 497 g/mol. The second kappa shape index (κ2) is 9.24. The van der Waals surface area contributed by atoms with Crippen LogP contribution < -0.4 is 14.8 Å². The molecule has 0 saturated carbocycles. The maximum atomic E-state index is 13.4. The first-order chi connectivity index (χ1) is 17.6. The summed E-state index contributed by atoms with van der Waals surface area (Å²) >= 11 is 1.54. The highest BCUT2D eigenvalue weighted by atomic mass is 32.2. The molecule has 4 aromatic rings. The first kappa shape index (κ1) is 22.5. The summed E-state index contributed by atoms with van der Waals surface area (Å²) in [5.41, 5.74) is 4.84. The number of amides is 1. The van der Waals surface area contributed by atoms with E-state index in [9.17, 15) is 9.59 Å². The zero-order chi connectivity index (χ0) is 24.6. The van der Waals surface area contributed by atoms with Gasteiger partial charge in [-0.05, 0) is 54.3 Å². The van der Waals surface area contributed by atoms with Crippen molar-refractivity contribution in [3.05, 3.63) is 101 Å². The van der Waals surface area contributed by atoms with Crippen LogP contribution in [0.15, 0.2) is 83.9 Å². The van der Waals surface area contributed by atoms with Crippen molar-refractivity contribution in [3.8, 4) is 17.2 Å². The van der Waals surface area contributed by atoms with Gasteiger partial charge in [-0.15, -0.1) is 11.8 Å². The molecule has 1 N–H and O–H groups in total. The molecule has 0 aliphatic carbocycles. The van der Waals surface area contributed by atoms with E-state index < -0.39 is 0 Å². The summed E-state index contributed by atoms with van der Waals surface area (Å²) < 4.78 is 13.6. The minimum atomic E-state index is -0.143. The van der Waals surface area contributed by atoms with Crippen molar-refractivity contribution in [1.29, 1.82) is 0 Å². The minimum absolute atomic E-state index is 0.0572. The number of nitrogens with zero attached hydrogens (tertiary/aromatic N) is 1. The van der Waals surface area contributed by atoms with Crippen LogP contribution in [-0.4, -0.2) is 35.7 Å². The molecule has 6 rings (SSSR count). The van der Waals surface area contributed by atoms with Gasteiger partial charge in [-0.2, -0.15) is 0 Å². The molecule has 3 aromatic carbocycles. The van der Waals surface area contributed by atoms with Crippen molar-refractivity contribution in [2.24, 2.45) is 0 Å². The highest BCUT2D eigenvalue weighted by molar-refractivity contribution is 7.98. The van der Waals surface area contributed by atoms with Gasteiger partial charge in [-0.25, -0.2) is 0 Å². The molecule has 3 heterocycles. The number of rotatable bonds is 4. The number of anilines is 1. The van der Waals surface area contributed by atoms with Crippen LogP contribution in [-0.2, 0) is 0 Å². The van der Waals surface area contributed by atoms with Gasteiger partial charge in [0.2, 0.25) is 0 Å². The van der Waals surface area contributed by atoms with Crippen LogP contribution in [0.25, 0.3) is 5.69 Å². The lowest BCUT2D eigenvalue weighted by atomic mass is 9.90. The van der Waals surface area contributed by atoms with Crippen LogP contribution in [0.1, 0.15) is 44.3 Å². The number of thioether (sulfide) groups is 1. The molecule has 1 amide bonds. The topological polar surface area (TPSA) is 69.6 Å². The standard InChI is InChI=1S/C29H24N2O4S/c1-36-28-7-3-2-5-20(28)29(33)30-19-10-8-18(9-11-19)21-15-25(32)22-16-26-27(35-14-13-34-26)17-24(22)31-12-4-6-23(21)31/h2-12,16-17,21H,13-15H2,1H3,(H,30,33)/t21-/m1/s1. The van der Waals surface area contributed by atoms with Crippen molar-refractivity contribution in [1.82, 2.24) is 4.57 Å². The van der Waals surface area contributed by atoms with Gasteiger partial charge in [-0.3, -0.25) is 9.59 Å². The Labute approximate surface area is 213 Å². The first-order valence-corrected chi connectivity index (χ1v) is 13.0. The van der Waals surface area contributed by atoms with Crippen LogP contribution in [0.3, 0.4) is 0 Å². The van der Waals surface area contributed by atoms with Gasteiger partial charge in [0.15, 0.2) is 17.3 Å². The summed E-state index contributed by atoms with van der Waals surface area (Å²) in [5.74, 6) is 1.07. The second-order valence-electron chi connectivity index (χ2n) is 8.77. The molecular weight excluding hydrogens is 472 g/mol. The van der Waals surface area contributed by atoms with Crippen LogP contribution in [0, 0.1) is 0 Å². The number of hydrogen-bond acceptors (Lipinski definition) is 5. The molecule has 180 valence electrons. The third-order valence-electron chi connectivity index (χ3n) is 6.67. The fourth-order valence-electron chi connectivity index (χ4n) is 4.92. The molecule has 36 heavy (non-hydrogen) atoms. The third-order valence-corrected chi connectivity index (χ3v) is 7.47. The van der Waals surface area contributed by atoms with E-state index >= 15 is 0 Å². The fraction of sp³-hybridized carbons (Fsp3) is 0.172. The molecule has 0 spiro atoms. The largest absolute Gasteiger partial charge is 0.486 e. The van der Waals surface area contributed by atoms with E-state index in [0.29, 0.717) is 47.9 Å². The predicted octanol–water partition coefficient (Wildman–Crippen LogP) is 5.94. The van der Waals surface area contributed by atoms with Crippen molar-refractivity contribution < 1.29 is 19.1 Å². The van der Waals surface area contributed by atoms with Gasteiger partial charge in [-0.1, -0.05) is 24.3 Å². The monoisotopic (exact) mass is 496 g/mol. The normalized spacial score (nSPS) is 16.0. The number of carbonyl (C=O) groups excluding carboxylic acids is 2. The van der Waals surface area contributed by atoms with Gasteiger partial charge in [0.25, 0.3) is 5.91 Å². The molecule has 0 fully saturated rings. The van der Waals surface area contributed by atoms with Crippen molar-refractivity contribution in [2.75, 3.05) is 24.8 Å². The fourth-order valence-corrected chi connectivity index (χ4v) is 5.51. The number of carbonyl (C=O) groups is 2. The highest BCUT2D eigenvalue weighted by Gasteiger charge is 2.30. The lowest BCUT2D eigenvalue weighted by Gasteiger charge is -2.21. The second-order valence-corrected chi connectivity index (χ2v) is 9.62. The van der Waals surface area contributed by atoms with Gasteiger partial charge >= 0.3 is 0 Å². The molecule has 2 aliphatic rings. The zero-order valence-electron chi connectivity index (χ0n) is 19.7. The molecular formula is C29H24N2O4S. The van der Waals surface area contributed by atoms with Crippen LogP contribution in [0.4, 0.5) is 5.69 Å². The molecule has 7 heteroatoms. The number of ketones is 1. The van der Waals surface area contributed by atoms with Crippen LogP contribution in [0.5, 0.6) is 11.5 Å². The summed E-state index contributed by atoms with van der Waals surface area (Å²) in [4.78, 5) is 27.2. The van der Waals surface area contributed by atoms with Gasteiger partial charge < -0.3 is 19.4 Å². The molecule has 0 bridgehead atoms. The van der Waals surface area contributed by atoms with Gasteiger partial charge in [0.05, 0.1) is 11.3 Å². The average Bonchev–Trinajstić information content (AvgIpc) is 3.37. The molecule has 2 aliphatic heterocycles. The van der Waals surface area contributed by atoms with E-state index in [4.69, 9.17) is 9.47 Å². The van der Waals surface area contributed by atoms with Gasteiger partial charge in [0.1, 0.15) is 13.2 Å². The van der Waals surface area contributed by atoms with E-state index in [1.807, 2.05) is 79.2 Å². The molecule has 1 atom stereocenters. The molecule has 0 radical (unpaired) electrons. The Bertz CT molecular complexity index is 1480. The first-order valence-electron chi connectivity index (χ1n) is 11.8. The Hall–Kier alpha value is -3.97. The van der Waals surface area contributed by atoms with Crippen molar-refractivity contribution in [3.63, 3.8) is 0 Å². The van der Waals surface area contributed by atoms with E-state index in [2.05, 4.69) is 16.0 Å². The van der Waals surface area contributed by atoms with Crippen molar-refractivity contribution in [2.45, 2.75) is 17.2 Å². The highest BCUT2D eigenvalue weighted by Crippen LogP contribution is 2.41. The summed E-state index contributed by atoms with van der Waals surface area (Å²) in [6.07, 6.45) is 4.27. The Balaban J connectivity index is 1.30. The number of benzene rings is 3. The van der Waals surface area contributed by atoms with E-state index in [1.54, 1.807) is 11.8 Å². The Morgan fingerprint density at radius 2 is 1.72 bits per heavy atom. The Morgan fingerprint density at radius 1 is 0.972 bits per heavy atom. The van der Waals surface area contributed by atoms with Crippen LogP contribution in [0.2, 0.25) is 0 Å². The molecule has 0 unspecified atom stereocenters. The molecule has 0 saturated heterocycles. The smallest absolute Gasteiger partial charge is 0.256 e. The van der Waals surface area contributed by atoms with Crippen LogP contribution >= 0.6 is 11.8 Å². The number of aromatic nitrogens is 1.